The number of benzene rings is 2. The fraction of sp³-hybridized carbons (Fsp3) is 0.350. The fourth-order valence-electron chi connectivity index (χ4n) is 3.22. The summed E-state index contributed by atoms with van der Waals surface area (Å²) in [4.78, 5) is 14.5. The molecule has 1 fully saturated rings. The highest BCUT2D eigenvalue weighted by molar-refractivity contribution is 5.99. The molecule has 1 amide bonds. The van der Waals surface area contributed by atoms with E-state index in [1.165, 1.54) is 0 Å². The normalized spacial score (nSPS) is 13.7. The largest absolute Gasteiger partial charge is 0.497 e. The number of nitrogen functional groups attached to an aromatic ring is 1. The molecule has 1 aliphatic heterocycles. The number of nitrogens with one attached hydrogen (secondary N) is 1. The van der Waals surface area contributed by atoms with Crippen LogP contribution in [0.25, 0.3) is 0 Å². The van der Waals surface area contributed by atoms with E-state index >= 15 is 0 Å². The van der Waals surface area contributed by atoms with Gasteiger partial charge in [0, 0.05) is 48.7 Å². The van der Waals surface area contributed by atoms with Crippen LogP contribution >= 0.6 is 24.8 Å². The number of anilines is 2. The lowest BCUT2D eigenvalue weighted by atomic mass is 10.0. The van der Waals surface area contributed by atoms with Crippen molar-refractivity contribution in [2.75, 3.05) is 38.4 Å². The molecule has 8 heteroatoms. The van der Waals surface area contributed by atoms with Crippen molar-refractivity contribution in [3.8, 4) is 11.5 Å². The van der Waals surface area contributed by atoms with Crippen LogP contribution in [-0.4, -0.2) is 44.2 Å². The van der Waals surface area contributed by atoms with Gasteiger partial charge < -0.3 is 25.4 Å². The lowest BCUT2D eigenvalue weighted by molar-refractivity contribution is 0.0719. The molecular weight excluding hydrogens is 401 g/mol. The number of nitrogens with zero attached hydrogens (tertiary/aromatic N) is 1. The van der Waals surface area contributed by atoms with E-state index in [2.05, 4.69) is 5.32 Å². The third-order valence-corrected chi connectivity index (χ3v) is 4.70. The van der Waals surface area contributed by atoms with E-state index in [-0.39, 0.29) is 30.7 Å². The van der Waals surface area contributed by atoms with Crippen LogP contribution in [0.15, 0.2) is 42.5 Å². The maximum atomic E-state index is 12.6. The molecule has 0 spiro atoms. The number of carbonyl (C=O) groups excluding carboxylic acids is 1. The first kappa shape index (κ1) is 23.7. The maximum absolute atomic E-state index is 12.6. The monoisotopic (exact) mass is 427 g/mol. The molecule has 3 N–H and O–H groups in total. The first-order valence-corrected chi connectivity index (χ1v) is 8.74. The van der Waals surface area contributed by atoms with Crippen LogP contribution in [0, 0.1) is 0 Å². The molecule has 1 aliphatic rings. The van der Waals surface area contributed by atoms with E-state index in [1.54, 1.807) is 26.4 Å². The van der Waals surface area contributed by atoms with Gasteiger partial charge in [-0.1, -0.05) is 12.1 Å². The number of ether oxygens (including phenoxy) is 2. The van der Waals surface area contributed by atoms with Gasteiger partial charge >= 0.3 is 0 Å². The first-order chi connectivity index (χ1) is 12.6. The molecule has 1 saturated heterocycles. The second-order valence-corrected chi connectivity index (χ2v) is 6.40. The van der Waals surface area contributed by atoms with Crippen LogP contribution in [0.3, 0.4) is 0 Å². The number of methoxy groups -OCH3 is 2. The van der Waals surface area contributed by atoms with Crippen molar-refractivity contribution in [2.24, 2.45) is 0 Å². The van der Waals surface area contributed by atoms with Crippen LogP contribution < -0.4 is 20.5 Å². The van der Waals surface area contributed by atoms with Gasteiger partial charge in [-0.25, -0.2) is 0 Å². The molecule has 0 unspecified atom stereocenters. The smallest absolute Gasteiger partial charge is 0.255 e. The van der Waals surface area contributed by atoms with Gasteiger partial charge in [0.15, 0.2) is 0 Å². The van der Waals surface area contributed by atoms with Crippen molar-refractivity contribution in [2.45, 2.75) is 18.9 Å². The van der Waals surface area contributed by atoms with Gasteiger partial charge in [0.05, 0.1) is 19.8 Å². The van der Waals surface area contributed by atoms with Gasteiger partial charge in [0.2, 0.25) is 0 Å². The molecule has 0 radical (unpaired) electrons. The summed E-state index contributed by atoms with van der Waals surface area (Å²) < 4.78 is 10.6. The van der Waals surface area contributed by atoms with Gasteiger partial charge in [0.1, 0.15) is 11.5 Å². The maximum Gasteiger partial charge on any atom is 0.255 e. The van der Waals surface area contributed by atoms with Gasteiger partial charge in [-0.2, -0.15) is 0 Å². The summed E-state index contributed by atoms with van der Waals surface area (Å²) >= 11 is 0. The number of carbonyl (C=O) groups is 1. The molecule has 0 aliphatic carbocycles. The average molecular weight is 428 g/mol. The average Bonchev–Trinajstić information content (AvgIpc) is 2.68. The van der Waals surface area contributed by atoms with Crippen molar-refractivity contribution in [1.29, 1.82) is 0 Å². The Labute approximate surface area is 178 Å². The molecular formula is C20H27Cl2N3O3. The highest BCUT2D eigenvalue weighted by Gasteiger charge is 2.24. The van der Waals surface area contributed by atoms with E-state index in [0.717, 1.165) is 30.0 Å². The van der Waals surface area contributed by atoms with Gasteiger partial charge in [-0.15, -0.1) is 24.8 Å². The summed E-state index contributed by atoms with van der Waals surface area (Å²) in [6, 6.07) is 13.3. The van der Waals surface area contributed by atoms with Gasteiger partial charge in [-0.3, -0.25) is 4.79 Å². The minimum Gasteiger partial charge on any atom is -0.497 e. The first-order valence-electron chi connectivity index (χ1n) is 8.74. The van der Waals surface area contributed by atoms with Crippen molar-refractivity contribution in [3.63, 3.8) is 0 Å². The van der Waals surface area contributed by atoms with Crippen molar-refractivity contribution >= 4 is 42.1 Å². The lowest BCUT2D eigenvalue weighted by Crippen LogP contribution is -2.42. The second-order valence-electron chi connectivity index (χ2n) is 6.40. The predicted octanol–water partition coefficient (Wildman–Crippen LogP) is 3.85. The van der Waals surface area contributed by atoms with Gasteiger partial charge in [0.25, 0.3) is 5.91 Å². The zero-order valence-electron chi connectivity index (χ0n) is 16.0. The number of para-hydroxylation sites is 1. The summed E-state index contributed by atoms with van der Waals surface area (Å²) in [5.74, 6) is 1.50. The summed E-state index contributed by atoms with van der Waals surface area (Å²) in [5, 5.41) is 3.52. The minimum atomic E-state index is 0. The van der Waals surface area contributed by atoms with E-state index < -0.39 is 0 Å². The van der Waals surface area contributed by atoms with Gasteiger partial charge in [-0.05, 0) is 25.0 Å². The van der Waals surface area contributed by atoms with Crippen molar-refractivity contribution < 1.29 is 14.3 Å². The Balaban J connectivity index is 0.00000196. The molecule has 2 aromatic rings. The molecule has 6 nitrogen and oxygen atoms in total. The number of rotatable bonds is 5. The number of nitrogens with two attached hydrogens (primary N) is 1. The number of amides is 1. The topological polar surface area (TPSA) is 76.8 Å². The summed E-state index contributed by atoms with van der Waals surface area (Å²) in [6.07, 6.45) is 1.75. The van der Waals surface area contributed by atoms with Crippen LogP contribution in [0.1, 0.15) is 23.2 Å². The van der Waals surface area contributed by atoms with E-state index in [0.29, 0.717) is 30.4 Å². The number of likely N-dealkylation sites (tertiary alicyclic amines) is 1. The molecule has 2 aromatic carbocycles. The number of hydrogen-bond acceptors (Lipinski definition) is 5. The summed E-state index contributed by atoms with van der Waals surface area (Å²) in [6.45, 7) is 1.40. The van der Waals surface area contributed by atoms with Crippen molar-refractivity contribution in [1.82, 2.24) is 4.90 Å². The standard InChI is InChI=1S/C20H25N3O3.2ClH/c1-25-16-11-15(12-17(13-16)26-2)22-14-7-9-23(10-8-14)20(24)18-5-3-4-6-19(18)21;;/h3-6,11-14,22H,7-10,21H2,1-2H3;2*1H. The van der Waals surface area contributed by atoms with Crippen LogP contribution in [0.2, 0.25) is 0 Å². The third-order valence-electron chi connectivity index (χ3n) is 4.70. The third kappa shape index (κ3) is 5.59. The second kappa shape index (κ2) is 10.9. The van der Waals surface area contributed by atoms with E-state index in [9.17, 15) is 4.79 Å². The zero-order chi connectivity index (χ0) is 18.5. The number of halogens is 2. The Morgan fingerprint density at radius 2 is 1.61 bits per heavy atom. The molecule has 0 atom stereocenters. The fourth-order valence-corrected chi connectivity index (χ4v) is 3.22. The molecule has 28 heavy (non-hydrogen) atoms. The lowest BCUT2D eigenvalue weighted by Gasteiger charge is -2.33. The summed E-state index contributed by atoms with van der Waals surface area (Å²) in [7, 11) is 3.27. The predicted molar refractivity (Wildman–Crippen MR) is 117 cm³/mol. The highest BCUT2D eigenvalue weighted by Crippen LogP contribution is 2.28. The van der Waals surface area contributed by atoms with Crippen LogP contribution in [-0.2, 0) is 0 Å². The SMILES string of the molecule is COc1cc(NC2CCN(C(=O)c3ccccc3N)CC2)cc(OC)c1.Cl.Cl. The van der Waals surface area contributed by atoms with Crippen LogP contribution in [0.5, 0.6) is 11.5 Å². The van der Waals surface area contributed by atoms with Crippen molar-refractivity contribution in [3.05, 3.63) is 48.0 Å². The molecule has 1 heterocycles. The molecule has 3 rings (SSSR count). The molecule has 0 aromatic heterocycles. The van der Waals surface area contributed by atoms with E-state index in [4.69, 9.17) is 15.2 Å². The molecule has 0 saturated carbocycles. The molecule has 154 valence electrons. The Morgan fingerprint density at radius 3 is 2.14 bits per heavy atom. The zero-order valence-corrected chi connectivity index (χ0v) is 17.6. The Kier molecular flexibility index (Phi) is 9.22. The Hall–Kier alpha value is -2.31. The Morgan fingerprint density at radius 1 is 1.04 bits per heavy atom. The number of hydrogen-bond donors (Lipinski definition) is 2. The quantitative estimate of drug-likeness (QED) is 0.708. The minimum absolute atomic E-state index is 0. The van der Waals surface area contributed by atoms with Crippen LogP contribution in [0.4, 0.5) is 11.4 Å². The highest BCUT2D eigenvalue weighted by atomic mass is 35.5. The Bertz CT molecular complexity index is 759. The van der Waals surface area contributed by atoms with E-state index in [1.807, 2.05) is 35.2 Å². The number of piperidine rings is 1. The summed E-state index contributed by atoms with van der Waals surface area (Å²) in [5.41, 5.74) is 7.99. The molecule has 0 bridgehead atoms.